The number of halogens is 3. The molecule has 0 unspecified atom stereocenters. The van der Waals surface area contributed by atoms with E-state index in [1.807, 2.05) is 24.3 Å². The van der Waals surface area contributed by atoms with Crippen molar-refractivity contribution in [3.8, 4) is 0 Å². The molecule has 170 valence electrons. The van der Waals surface area contributed by atoms with Gasteiger partial charge in [0.1, 0.15) is 5.82 Å². The summed E-state index contributed by atoms with van der Waals surface area (Å²) in [6.07, 6.45) is 3.97. The highest BCUT2D eigenvalue weighted by atomic mass is 79.9. The summed E-state index contributed by atoms with van der Waals surface area (Å²) in [7, 11) is 1.37. The van der Waals surface area contributed by atoms with Crippen molar-refractivity contribution in [1.82, 2.24) is 4.90 Å². The smallest absolute Gasteiger partial charge is 0.337 e. The maximum absolute atomic E-state index is 15.3. The van der Waals surface area contributed by atoms with Crippen molar-refractivity contribution in [2.45, 2.75) is 32.1 Å². The predicted molar refractivity (Wildman–Crippen MR) is 126 cm³/mol. The molecule has 2 aromatic carbocycles. The highest BCUT2D eigenvalue weighted by Gasteiger charge is 2.27. The number of benzene rings is 2. The summed E-state index contributed by atoms with van der Waals surface area (Å²) in [5.74, 6) is -0.0921. The number of nitrogens with zero attached hydrogens (tertiary/aromatic N) is 1. The molecule has 1 aliphatic heterocycles. The van der Waals surface area contributed by atoms with Gasteiger partial charge in [0.25, 0.3) is 0 Å². The van der Waals surface area contributed by atoms with E-state index in [1.54, 1.807) is 12.1 Å². The number of allylic oxidation sites excluding steroid dienone is 1. The van der Waals surface area contributed by atoms with Gasteiger partial charge < -0.3 is 9.64 Å². The third kappa shape index (κ3) is 4.96. The largest absolute Gasteiger partial charge is 0.465 e. The summed E-state index contributed by atoms with van der Waals surface area (Å²) in [6.45, 7) is 2.44. The van der Waals surface area contributed by atoms with E-state index in [0.29, 0.717) is 23.5 Å². The molecule has 3 nitrogen and oxygen atoms in total. The first kappa shape index (κ1) is 23.1. The standard InChI is InChI=1S/C26H28BrF2NO2/c1-32-26(31)20-7-9-21-19(14-20)4-2-5-23(27)25(21)22-8-6-17(13-24(22)29)12-18-15-30(16-18)11-3-10-28/h6-9,13-14,18H,2-5,10-12,15-16H2,1H3. The molecule has 2 aliphatic rings. The van der Waals surface area contributed by atoms with Crippen LogP contribution in [-0.4, -0.2) is 44.3 Å². The van der Waals surface area contributed by atoms with Crippen molar-refractivity contribution in [1.29, 1.82) is 0 Å². The summed E-state index contributed by atoms with van der Waals surface area (Å²) >= 11 is 3.70. The van der Waals surface area contributed by atoms with E-state index in [0.717, 1.165) is 72.1 Å². The van der Waals surface area contributed by atoms with Crippen LogP contribution in [0.15, 0.2) is 40.9 Å². The third-order valence-electron chi connectivity index (χ3n) is 6.38. The quantitative estimate of drug-likeness (QED) is 0.438. The maximum Gasteiger partial charge on any atom is 0.337 e. The van der Waals surface area contributed by atoms with Gasteiger partial charge in [-0.1, -0.05) is 34.1 Å². The summed E-state index contributed by atoms with van der Waals surface area (Å²) in [5.41, 5.74) is 4.93. The summed E-state index contributed by atoms with van der Waals surface area (Å²) in [6, 6.07) is 11.1. The van der Waals surface area contributed by atoms with Crippen LogP contribution in [0.5, 0.6) is 0 Å². The number of hydrogen-bond acceptors (Lipinski definition) is 3. The minimum Gasteiger partial charge on any atom is -0.465 e. The van der Waals surface area contributed by atoms with Gasteiger partial charge in [0.05, 0.1) is 19.3 Å². The van der Waals surface area contributed by atoms with E-state index in [1.165, 1.54) is 7.11 Å². The van der Waals surface area contributed by atoms with Crippen LogP contribution in [0, 0.1) is 11.7 Å². The number of ether oxygens (including phenoxy) is 1. The molecule has 0 N–H and O–H groups in total. The first-order valence-electron chi connectivity index (χ1n) is 11.2. The topological polar surface area (TPSA) is 29.5 Å². The molecular weight excluding hydrogens is 476 g/mol. The lowest BCUT2D eigenvalue weighted by Gasteiger charge is -2.39. The third-order valence-corrected chi connectivity index (χ3v) is 7.17. The molecule has 0 atom stereocenters. The van der Waals surface area contributed by atoms with Crippen LogP contribution < -0.4 is 0 Å². The van der Waals surface area contributed by atoms with Gasteiger partial charge in [-0.05, 0) is 72.9 Å². The average molecular weight is 504 g/mol. The summed E-state index contributed by atoms with van der Waals surface area (Å²) in [5, 5.41) is 0. The van der Waals surface area contributed by atoms with Gasteiger partial charge in [-0.25, -0.2) is 9.18 Å². The average Bonchev–Trinajstić information content (AvgIpc) is 2.92. The number of likely N-dealkylation sites (tertiary alicyclic amines) is 1. The Morgan fingerprint density at radius 3 is 2.66 bits per heavy atom. The van der Waals surface area contributed by atoms with Crippen LogP contribution in [0.1, 0.15) is 51.9 Å². The molecule has 0 spiro atoms. The second-order valence-corrected chi connectivity index (χ2v) is 9.64. The van der Waals surface area contributed by atoms with E-state index < -0.39 is 0 Å². The van der Waals surface area contributed by atoms with Gasteiger partial charge in [-0.2, -0.15) is 0 Å². The molecule has 1 aliphatic carbocycles. The van der Waals surface area contributed by atoms with Crippen LogP contribution in [0.25, 0.3) is 5.57 Å². The summed E-state index contributed by atoms with van der Waals surface area (Å²) < 4.78 is 33.5. The SMILES string of the molecule is COC(=O)c1ccc2c(c1)CCCC(Br)=C2c1ccc(CC2CN(CCCF)C2)cc1F. The van der Waals surface area contributed by atoms with Gasteiger partial charge in [0.15, 0.2) is 0 Å². The highest BCUT2D eigenvalue weighted by Crippen LogP contribution is 2.39. The lowest BCUT2D eigenvalue weighted by atomic mass is 9.89. The number of alkyl halides is 1. The van der Waals surface area contributed by atoms with Crippen molar-refractivity contribution in [2.24, 2.45) is 5.92 Å². The Hall–Kier alpha value is -2.05. The Bertz CT molecular complexity index is 1030. The monoisotopic (exact) mass is 503 g/mol. The second kappa shape index (κ2) is 10.3. The molecule has 32 heavy (non-hydrogen) atoms. The Morgan fingerprint density at radius 2 is 1.94 bits per heavy atom. The van der Waals surface area contributed by atoms with Crippen molar-refractivity contribution >= 4 is 27.5 Å². The highest BCUT2D eigenvalue weighted by molar-refractivity contribution is 9.11. The first-order valence-corrected chi connectivity index (χ1v) is 12.0. The molecule has 2 aromatic rings. The van der Waals surface area contributed by atoms with Gasteiger partial charge in [0.2, 0.25) is 0 Å². The van der Waals surface area contributed by atoms with E-state index in [-0.39, 0.29) is 18.5 Å². The Morgan fingerprint density at radius 1 is 1.16 bits per heavy atom. The van der Waals surface area contributed by atoms with Gasteiger partial charge in [-0.15, -0.1) is 0 Å². The van der Waals surface area contributed by atoms with Crippen LogP contribution in [0.4, 0.5) is 8.78 Å². The lowest BCUT2D eigenvalue weighted by Crippen LogP contribution is -2.47. The molecule has 1 fully saturated rings. The normalized spacial score (nSPS) is 17.0. The molecule has 4 rings (SSSR count). The molecule has 0 amide bonds. The number of carbonyl (C=O) groups is 1. The molecule has 1 heterocycles. The van der Waals surface area contributed by atoms with E-state index in [4.69, 9.17) is 4.74 Å². The summed E-state index contributed by atoms with van der Waals surface area (Å²) in [4.78, 5) is 14.2. The lowest BCUT2D eigenvalue weighted by molar-refractivity contribution is 0.0600. The minimum atomic E-state index is -0.364. The van der Waals surface area contributed by atoms with Gasteiger partial charge in [-0.3, -0.25) is 4.39 Å². The number of methoxy groups -OCH3 is 1. The molecule has 1 saturated heterocycles. The Kier molecular flexibility index (Phi) is 7.41. The number of fused-ring (bicyclic) bond motifs is 1. The van der Waals surface area contributed by atoms with Gasteiger partial charge >= 0.3 is 5.97 Å². The number of hydrogen-bond donors (Lipinski definition) is 0. The fraction of sp³-hybridized carbons (Fsp3) is 0.423. The number of carbonyl (C=O) groups excluding carboxylic acids is 1. The number of esters is 1. The van der Waals surface area contributed by atoms with Crippen molar-refractivity contribution < 1.29 is 18.3 Å². The first-order chi connectivity index (χ1) is 15.5. The van der Waals surface area contributed by atoms with E-state index >= 15 is 4.39 Å². The van der Waals surface area contributed by atoms with Crippen LogP contribution >= 0.6 is 15.9 Å². The molecule has 0 saturated carbocycles. The Balaban J connectivity index is 1.56. The minimum absolute atomic E-state index is 0.229. The molecule has 0 radical (unpaired) electrons. The van der Waals surface area contributed by atoms with Crippen molar-refractivity contribution in [2.75, 3.05) is 33.4 Å². The van der Waals surface area contributed by atoms with Crippen LogP contribution in [0.3, 0.4) is 0 Å². The fourth-order valence-corrected chi connectivity index (χ4v) is 5.49. The zero-order valence-corrected chi connectivity index (χ0v) is 19.9. The maximum atomic E-state index is 15.3. The zero-order chi connectivity index (χ0) is 22.7. The number of rotatable bonds is 7. The second-order valence-electron chi connectivity index (χ2n) is 8.68. The van der Waals surface area contributed by atoms with E-state index in [9.17, 15) is 9.18 Å². The molecular formula is C26H28BrF2NO2. The molecule has 6 heteroatoms. The van der Waals surface area contributed by atoms with E-state index in [2.05, 4.69) is 20.8 Å². The molecule has 0 bridgehead atoms. The van der Waals surface area contributed by atoms with Crippen LogP contribution in [-0.2, 0) is 17.6 Å². The zero-order valence-electron chi connectivity index (χ0n) is 18.3. The fourth-order valence-electron chi connectivity index (χ4n) is 4.78. The molecule has 0 aromatic heterocycles. The Labute approximate surface area is 196 Å². The predicted octanol–water partition coefficient (Wildman–Crippen LogP) is 5.94. The van der Waals surface area contributed by atoms with Crippen LogP contribution in [0.2, 0.25) is 0 Å². The van der Waals surface area contributed by atoms with Gasteiger partial charge in [0, 0.05) is 35.3 Å². The van der Waals surface area contributed by atoms with Crippen molar-refractivity contribution in [3.63, 3.8) is 0 Å². The number of aryl methyl sites for hydroxylation is 1. The van der Waals surface area contributed by atoms with Crippen molar-refractivity contribution in [3.05, 3.63) is 74.5 Å².